The molecule has 1 aliphatic rings. The molecule has 0 bridgehead atoms. The van der Waals surface area contributed by atoms with Crippen LogP contribution in [-0.2, 0) is 4.79 Å². The molecule has 1 saturated heterocycles. The van der Waals surface area contributed by atoms with Gasteiger partial charge in [0.15, 0.2) is 0 Å². The molecule has 0 atom stereocenters. The van der Waals surface area contributed by atoms with E-state index in [1.54, 1.807) is 18.2 Å². The number of amides is 1. The first-order valence-electron chi connectivity index (χ1n) is 10.1. The average Bonchev–Trinajstić information content (AvgIpc) is 2.78. The molecule has 4 rings (SSSR count). The number of anilines is 2. The smallest absolute Gasteiger partial charge is 0.292 e. The molecular weight excluding hydrogens is 380 g/mol. The number of carbonyl (C=O) groups excluding carboxylic acids is 1. The quantitative estimate of drug-likeness (QED) is 0.498. The maximum Gasteiger partial charge on any atom is 0.292 e. The predicted molar refractivity (Wildman–Crippen MR) is 119 cm³/mol. The van der Waals surface area contributed by atoms with Crippen LogP contribution < -0.4 is 10.2 Å². The third-order valence-corrected chi connectivity index (χ3v) is 5.51. The molecule has 1 aliphatic heterocycles. The van der Waals surface area contributed by atoms with Gasteiger partial charge < -0.3 is 10.2 Å². The van der Waals surface area contributed by atoms with Crippen LogP contribution in [0.25, 0.3) is 10.8 Å². The lowest BCUT2D eigenvalue weighted by molar-refractivity contribution is -0.384. The summed E-state index contributed by atoms with van der Waals surface area (Å²) in [6, 6.07) is 20.7. The first-order chi connectivity index (χ1) is 14.6. The van der Waals surface area contributed by atoms with Crippen LogP contribution in [0.2, 0.25) is 0 Å². The molecule has 3 aromatic rings. The summed E-state index contributed by atoms with van der Waals surface area (Å²) in [7, 11) is 0. The Labute approximate surface area is 175 Å². The minimum atomic E-state index is -0.334. The second-order valence-electron chi connectivity index (χ2n) is 7.40. The topological polar surface area (TPSA) is 78.7 Å². The summed E-state index contributed by atoms with van der Waals surface area (Å²) in [6.45, 7) is 3.62. The van der Waals surface area contributed by atoms with Crippen LogP contribution in [0.1, 0.15) is 6.42 Å². The third kappa shape index (κ3) is 4.41. The Bertz CT molecular complexity index is 1060. The third-order valence-electron chi connectivity index (χ3n) is 5.51. The molecule has 0 spiro atoms. The molecular formula is C23H24N4O3. The van der Waals surface area contributed by atoms with Crippen LogP contribution in [0.15, 0.2) is 66.7 Å². The highest BCUT2D eigenvalue weighted by Crippen LogP contribution is 2.28. The first kappa shape index (κ1) is 19.8. The van der Waals surface area contributed by atoms with Gasteiger partial charge in [-0.15, -0.1) is 0 Å². The maximum atomic E-state index is 12.5. The number of fused-ring (bicyclic) bond motifs is 1. The van der Waals surface area contributed by atoms with E-state index in [0.717, 1.165) is 29.5 Å². The molecule has 0 unspecified atom stereocenters. The van der Waals surface area contributed by atoms with Gasteiger partial charge in [0.2, 0.25) is 5.91 Å². The Morgan fingerprint density at radius 1 is 0.933 bits per heavy atom. The molecule has 3 aromatic carbocycles. The highest BCUT2D eigenvalue weighted by molar-refractivity contribution is 6.02. The van der Waals surface area contributed by atoms with Crippen molar-refractivity contribution in [3.8, 4) is 0 Å². The fourth-order valence-electron chi connectivity index (χ4n) is 3.91. The van der Waals surface area contributed by atoms with E-state index in [0.29, 0.717) is 31.7 Å². The van der Waals surface area contributed by atoms with Crippen LogP contribution in [0.5, 0.6) is 0 Å². The fraction of sp³-hybridized carbons (Fsp3) is 0.261. The number of benzene rings is 3. The van der Waals surface area contributed by atoms with E-state index in [2.05, 4.69) is 10.2 Å². The number of nitro groups is 1. The SMILES string of the molecule is O=C(CCN1CCN(c2ccccc2[N+](=O)[O-])CC1)Nc1cccc2ccccc12. The Morgan fingerprint density at radius 2 is 1.63 bits per heavy atom. The molecule has 0 aliphatic carbocycles. The zero-order chi connectivity index (χ0) is 20.9. The van der Waals surface area contributed by atoms with E-state index in [1.807, 2.05) is 53.4 Å². The molecule has 1 N–H and O–H groups in total. The summed E-state index contributed by atoms with van der Waals surface area (Å²) in [4.78, 5) is 27.7. The molecule has 1 amide bonds. The van der Waals surface area contributed by atoms with E-state index in [-0.39, 0.29) is 16.5 Å². The summed E-state index contributed by atoms with van der Waals surface area (Å²) in [5, 5.41) is 16.4. The summed E-state index contributed by atoms with van der Waals surface area (Å²) < 4.78 is 0. The van der Waals surface area contributed by atoms with Gasteiger partial charge in [-0.05, 0) is 17.5 Å². The number of hydrogen-bond donors (Lipinski definition) is 1. The highest BCUT2D eigenvalue weighted by atomic mass is 16.6. The Morgan fingerprint density at radius 3 is 2.43 bits per heavy atom. The summed E-state index contributed by atoms with van der Waals surface area (Å²) in [6.07, 6.45) is 0.411. The van der Waals surface area contributed by atoms with E-state index in [1.165, 1.54) is 0 Å². The van der Waals surface area contributed by atoms with E-state index < -0.39 is 0 Å². The Balaban J connectivity index is 1.30. The number of nitro benzene ring substituents is 1. The summed E-state index contributed by atoms with van der Waals surface area (Å²) >= 11 is 0. The first-order valence-corrected chi connectivity index (χ1v) is 10.1. The second-order valence-corrected chi connectivity index (χ2v) is 7.40. The Hall–Kier alpha value is -3.45. The van der Waals surface area contributed by atoms with Crippen LogP contribution in [0.3, 0.4) is 0 Å². The highest BCUT2D eigenvalue weighted by Gasteiger charge is 2.23. The number of carbonyl (C=O) groups is 1. The lowest BCUT2D eigenvalue weighted by atomic mass is 10.1. The van der Waals surface area contributed by atoms with Crippen molar-refractivity contribution in [3.05, 3.63) is 76.8 Å². The van der Waals surface area contributed by atoms with Gasteiger partial charge >= 0.3 is 0 Å². The van der Waals surface area contributed by atoms with Crippen molar-refractivity contribution < 1.29 is 9.72 Å². The zero-order valence-electron chi connectivity index (χ0n) is 16.7. The number of rotatable bonds is 6. The maximum absolute atomic E-state index is 12.5. The van der Waals surface area contributed by atoms with Crippen molar-refractivity contribution in [2.24, 2.45) is 0 Å². The van der Waals surface area contributed by atoms with Gasteiger partial charge in [-0.3, -0.25) is 19.8 Å². The standard InChI is InChI=1S/C23H24N4O3/c28-23(24-20-9-5-7-18-6-1-2-8-19(18)20)12-13-25-14-16-26(17-15-25)21-10-3-4-11-22(21)27(29)30/h1-11H,12-17H2,(H,24,28). The number of nitrogens with zero attached hydrogens (tertiary/aromatic N) is 3. The minimum Gasteiger partial charge on any atom is -0.363 e. The predicted octanol–water partition coefficient (Wildman–Crippen LogP) is 3.90. The fourth-order valence-corrected chi connectivity index (χ4v) is 3.91. The molecule has 7 nitrogen and oxygen atoms in total. The minimum absolute atomic E-state index is 0.00696. The molecule has 0 aromatic heterocycles. The molecule has 0 saturated carbocycles. The molecule has 0 radical (unpaired) electrons. The number of para-hydroxylation sites is 2. The molecule has 7 heteroatoms. The number of piperazine rings is 1. The number of hydrogen-bond acceptors (Lipinski definition) is 5. The van der Waals surface area contributed by atoms with Crippen molar-refractivity contribution in [1.29, 1.82) is 0 Å². The molecule has 1 heterocycles. The molecule has 30 heavy (non-hydrogen) atoms. The van der Waals surface area contributed by atoms with E-state index in [4.69, 9.17) is 0 Å². The van der Waals surface area contributed by atoms with Crippen molar-refractivity contribution in [2.75, 3.05) is 42.9 Å². The second kappa shape index (κ2) is 8.92. The molecule has 154 valence electrons. The van der Waals surface area contributed by atoms with Crippen LogP contribution >= 0.6 is 0 Å². The largest absolute Gasteiger partial charge is 0.363 e. The van der Waals surface area contributed by atoms with Gasteiger partial charge in [0.25, 0.3) is 5.69 Å². The molecule has 1 fully saturated rings. The van der Waals surface area contributed by atoms with Gasteiger partial charge in [0.05, 0.1) is 4.92 Å². The summed E-state index contributed by atoms with van der Waals surface area (Å²) in [5.74, 6) is -0.00696. The van der Waals surface area contributed by atoms with E-state index >= 15 is 0 Å². The van der Waals surface area contributed by atoms with Gasteiger partial charge in [-0.2, -0.15) is 0 Å². The van der Waals surface area contributed by atoms with Crippen molar-refractivity contribution in [1.82, 2.24) is 4.90 Å². The van der Waals surface area contributed by atoms with Crippen molar-refractivity contribution in [2.45, 2.75) is 6.42 Å². The number of nitrogens with one attached hydrogen (secondary N) is 1. The van der Waals surface area contributed by atoms with E-state index in [9.17, 15) is 14.9 Å². The van der Waals surface area contributed by atoms with Gasteiger partial charge in [-0.25, -0.2) is 0 Å². The van der Waals surface area contributed by atoms with Crippen LogP contribution in [-0.4, -0.2) is 48.5 Å². The van der Waals surface area contributed by atoms with Gasteiger partial charge in [0, 0.05) is 56.3 Å². The van der Waals surface area contributed by atoms with Gasteiger partial charge in [0.1, 0.15) is 5.69 Å². The average molecular weight is 404 g/mol. The van der Waals surface area contributed by atoms with Crippen molar-refractivity contribution in [3.63, 3.8) is 0 Å². The van der Waals surface area contributed by atoms with Gasteiger partial charge in [-0.1, -0.05) is 48.5 Å². The van der Waals surface area contributed by atoms with Crippen LogP contribution in [0, 0.1) is 10.1 Å². The Kier molecular flexibility index (Phi) is 5.90. The zero-order valence-corrected chi connectivity index (χ0v) is 16.7. The monoisotopic (exact) mass is 404 g/mol. The van der Waals surface area contributed by atoms with Crippen LogP contribution in [0.4, 0.5) is 17.1 Å². The summed E-state index contributed by atoms with van der Waals surface area (Å²) in [5.41, 5.74) is 1.63. The van der Waals surface area contributed by atoms with Crippen molar-refractivity contribution >= 4 is 33.7 Å². The lowest BCUT2D eigenvalue weighted by Crippen LogP contribution is -2.47. The normalized spacial score (nSPS) is 14.6. The lowest BCUT2D eigenvalue weighted by Gasteiger charge is -2.35.